The van der Waals surface area contributed by atoms with Crippen molar-refractivity contribution in [3.63, 3.8) is 0 Å². The number of alkyl halides is 3. The molecule has 1 rings (SSSR count). The van der Waals surface area contributed by atoms with Crippen LogP contribution in [-0.4, -0.2) is 32.8 Å². The number of carbonyl (C=O) groups is 2. The minimum absolute atomic E-state index is 0.0996. The standard InChI is InChI=1S/C11H9F3O5/c1-17-8-4-9(19-11(12,13)14)7(10(16)18-2)3-6(8)5-15/h3-5H,1-2H3. The summed E-state index contributed by atoms with van der Waals surface area (Å²) in [6.45, 7) is 0. The van der Waals surface area contributed by atoms with Crippen LogP contribution in [0.2, 0.25) is 0 Å². The van der Waals surface area contributed by atoms with Gasteiger partial charge in [-0.2, -0.15) is 0 Å². The van der Waals surface area contributed by atoms with Gasteiger partial charge in [0.1, 0.15) is 17.1 Å². The lowest BCUT2D eigenvalue weighted by molar-refractivity contribution is -0.274. The first-order valence-corrected chi connectivity index (χ1v) is 4.83. The van der Waals surface area contributed by atoms with E-state index in [-0.39, 0.29) is 11.3 Å². The van der Waals surface area contributed by atoms with Crippen LogP contribution in [0.3, 0.4) is 0 Å². The van der Waals surface area contributed by atoms with Gasteiger partial charge in [0.05, 0.1) is 19.8 Å². The van der Waals surface area contributed by atoms with Crippen molar-refractivity contribution in [1.29, 1.82) is 0 Å². The summed E-state index contributed by atoms with van der Waals surface area (Å²) in [6.07, 6.45) is -4.65. The van der Waals surface area contributed by atoms with Crippen LogP contribution in [0.4, 0.5) is 13.2 Å². The van der Waals surface area contributed by atoms with Gasteiger partial charge >= 0.3 is 12.3 Å². The summed E-state index contributed by atoms with van der Waals surface area (Å²) in [5.41, 5.74) is -0.625. The third kappa shape index (κ3) is 3.60. The van der Waals surface area contributed by atoms with Gasteiger partial charge in [0, 0.05) is 6.07 Å². The Morgan fingerprint density at radius 2 is 1.84 bits per heavy atom. The van der Waals surface area contributed by atoms with Gasteiger partial charge in [-0.15, -0.1) is 13.2 Å². The normalized spacial score (nSPS) is 10.8. The molecular formula is C11H9F3O5. The number of esters is 1. The fourth-order valence-electron chi connectivity index (χ4n) is 1.33. The first kappa shape index (κ1) is 14.8. The average molecular weight is 278 g/mol. The molecule has 0 fully saturated rings. The summed E-state index contributed by atoms with van der Waals surface area (Å²) >= 11 is 0. The monoisotopic (exact) mass is 278 g/mol. The van der Waals surface area contributed by atoms with Crippen LogP contribution < -0.4 is 9.47 Å². The van der Waals surface area contributed by atoms with E-state index in [0.29, 0.717) is 6.29 Å². The molecular weight excluding hydrogens is 269 g/mol. The topological polar surface area (TPSA) is 61.8 Å². The van der Waals surface area contributed by atoms with Crippen molar-refractivity contribution in [3.05, 3.63) is 23.3 Å². The molecule has 0 aliphatic rings. The van der Waals surface area contributed by atoms with Crippen molar-refractivity contribution in [1.82, 2.24) is 0 Å². The molecule has 5 nitrogen and oxygen atoms in total. The highest BCUT2D eigenvalue weighted by Gasteiger charge is 2.34. The van der Waals surface area contributed by atoms with Crippen LogP contribution in [-0.2, 0) is 4.74 Å². The molecule has 0 N–H and O–H groups in total. The van der Waals surface area contributed by atoms with Crippen LogP contribution in [0.5, 0.6) is 11.5 Å². The second-order valence-corrected chi connectivity index (χ2v) is 3.25. The Morgan fingerprint density at radius 3 is 2.26 bits per heavy atom. The number of aldehydes is 1. The van der Waals surface area contributed by atoms with E-state index < -0.39 is 23.6 Å². The minimum atomic E-state index is -4.99. The van der Waals surface area contributed by atoms with E-state index in [0.717, 1.165) is 26.4 Å². The second kappa shape index (κ2) is 5.59. The first-order chi connectivity index (χ1) is 8.82. The fraction of sp³-hybridized carbons (Fsp3) is 0.273. The first-order valence-electron chi connectivity index (χ1n) is 4.83. The maximum atomic E-state index is 12.2. The van der Waals surface area contributed by atoms with Crippen LogP contribution in [0, 0.1) is 0 Å². The molecule has 0 atom stereocenters. The van der Waals surface area contributed by atoms with Gasteiger partial charge in [0.2, 0.25) is 0 Å². The quantitative estimate of drug-likeness (QED) is 0.624. The third-order valence-electron chi connectivity index (χ3n) is 2.09. The van der Waals surface area contributed by atoms with Crippen molar-refractivity contribution in [2.24, 2.45) is 0 Å². The molecule has 8 heteroatoms. The SMILES string of the molecule is COC(=O)c1cc(C=O)c(OC)cc1OC(F)(F)F. The van der Waals surface area contributed by atoms with E-state index in [1.54, 1.807) is 0 Å². The number of rotatable bonds is 4. The summed E-state index contributed by atoms with van der Waals surface area (Å²) in [5.74, 6) is -2.02. The second-order valence-electron chi connectivity index (χ2n) is 3.25. The fourth-order valence-corrected chi connectivity index (χ4v) is 1.33. The molecule has 0 aliphatic carbocycles. The van der Waals surface area contributed by atoms with Gasteiger partial charge in [0.25, 0.3) is 0 Å². The van der Waals surface area contributed by atoms with E-state index in [9.17, 15) is 22.8 Å². The van der Waals surface area contributed by atoms with Crippen LogP contribution in [0.1, 0.15) is 20.7 Å². The third-order valence-corrected chi connectivity index (χ3v) is 2.09. The van der Waals surface area contributed by atoms with Gasteiger partial charge < -0.3 is 14.2 Å². The number of benzene rings is 1. The predicted molar refractivity (Wildman–Crippen MR) is 56.4 cm³/mol. The molecule has 0 aromatic heterocycles. The largest absolute Gasteiger partial charge is 0.573 e. The van der Waals surface area contributed by atoms with E-state index in [1.165, 1.54) is 0 Å². The molecule has 0 bridgehead atoms. The highest BCUT2D eigenvalue weighted by Crippen LogP contribution is 2.32. The van der Waals surface area contributed by atoms with Crippen molar-refractivity contribution in [2.45, 2.75) is 6.36 Å². The zero-order valence-corrected chi connectivity index (χ0v) is 9.91. The van der Waals surface area contributed by atoms with Crippen molar-refractivity contribution in [2.75, 3.05) is 14.2 Å². The van der Waals surface area contributed by atoms with E-state index in [2.05, 4.69) is 9.47 Å². The Labute approximate surface area is 105 Å². The molecule has 0 radical (unpaired) electrons. The Balaban J connectivity index is 3.39. The number of halogens is 3. The molecule has 0 heterocycles. The lowest BCUT2D eigenvalue weighted by Gasteiger charge is -2.14. The summed E-state index contributed by atoms with van der Waals surface area (Å²) in [7, 11) is 2.15. The molecule has 0 saturated carbocycles. The van der Waals surface area contributed by atoms with Crippen LogP contribution >= 0.6 is 0 Å². The summed E-state index contributed by atoms with van der Waals surface area (Å²) < 4.78 is 49.4. The average Bonchev–Trinajstić information content (AvgIpc) is 2.35. The highest BCUT2D eigenvalue weighted by molar-refractivity contribution is 5.95. The predicted octanol–water partition coefficient (Wildman–Crippen LogP) is 2.19. The number of ether oxygens (including phenoxy) is 3. The summed E-state index contributed by atoms with van der Waals surface area (Å²) in [6, 6.07) is 1.70. The molecule has 0 amide bonds. The van der Waals surface area contributed by atoms with E-state index >= 15 is 0 Å². The smallest absolute Gasteiger partial charge is 0.496 e. The number of hydrogen-bond donors (Lipinski definition) is 0. The maximum Gasteiger partial charge on any atom is 0.573 e. The minimum Gasteiger partial charge on any atom is -0.496 e. The van der Waals surface area contributed by atoms with Crippen molar-refractivity contribution in [3.8, 4) is 11.5 Å². The molecule has 0 saturated heterocycles. The Morgan fingerprint density at radius 1 is 1.21 bits per heavy atom. The Kier molecular flexibility index (Phi) is 4.36. The molecule has 0 unspecified atom stereocenters. The molecule has 19 heavy (non-hydrogen) atoms. The van der Waals surface area contributed by atoms with Gasteiger partial charge in [-0.05, 0) is 6.07 Å². The van der Waals surface area contributed by atoms with Gasteiger partial charge in [-0.25, -0.2) is 4.79 Å². The summed E-state index contributed by atoms with van der Waals surface area (Å²) in [5, 5.41) is 0. The van der Waals surface area contributed by atoms with Gasteiger partial charge in [-0.3, -0.25) is 4.79 Å². The Bertz CT molecular complexity index is 496. The van der Waals surface area contributed by atoms with Crippen LogP contribution in [0.15, 0.2) is 12.1 Å². The number of methoxy groups -OCH3 is 2. The van der Waals surface area contributed by atoms with Crippen molar-refractivity contribution >= 4 is 12.3 Å². The van der Waals surface area contributed by atoms with E-state index in [1.807, 2.05) is 0 Å². The molecule has 0 aliphatic heterocycles. The van der Waals surface area contributed by atoms with Crippen LogP contribution in [0.25, 0.3) is 0 Å². The summed E-state index contributed by atoms with van der Waals surface area (Å²) in [4.78, 5) is 22.1. The highest BCUT2D eigenvalue weighted by atomic mass is 19.4. The van der Waals surface area contributed by atoms with E-state index in [4.69, 9.17) is 4.74 Å². The molecule has 1 aromatic rings. The number of hydrogen-bond acceptors (Lipinski definition) is 5. The lowest BCUT2D eigenvalue weighted by Crippen LogP contribution is -2.19. The molecule has 104 valence electrons. The van der Waals surface area contributed by atoms with Crippen molar-refractivity contribution < 1.29 is 37.0 Å². The molecule has 0 spiro atoms. The zero-order valence-electron chi connectivity index (χ0n) is 9.91. The van der Waals surface area contributed by atoms with Gasteiger partial charge in [0.15, 0.2) is 6.29 Å². The molecule has 1 aromatic carbocycles. The van der Waals surface area contributed by atoms with Gasteiger partial charge in [-0.1, -0.05) is 0 Å². The lowest BCUT2D eigenvalue weighted by atomic mass is 10.1. The number of carbonyl (C=O) groups excluding carboxylic acids is 2. The zero-order chi connectivity index (χ0) is 14.6. The Hall–Kier alpha value is -2.25. The maximum absolute atomic E-state index is 12.2.